The molecule has 0 radical (unpaired) electrons. The molecule has 0 unspecified atom stereocenters. The Morgan fingerprint density at radius 1 is 0.946 bits per heavy atom. The summed E-state index contributed by atoms with van der Waals surface area (Å²) in [4.78, 5) is 7.07. The Bertz CT molecular complexity index is 1380. The van der Waals surface area contributed by atoms with Gasteiger partial charge in [0.05, 0.1) is 17.8 Å². The van der Waals surface area contributed by atoms with Gasteiger partial charge >= 0.3 is 0 Å². The highest BCUT2D eigenvalue weighted by atomic mass is 32.1. The monoisotopic (exact) mass is 509 g/mol. The number of thiocarbonyl (C=S) groups is 1. The molecule has 1 saturated heterocycles. The van der Waals surface area contributed by atoms with Crippen molar-refractivity contribution in [2.24, 2.45) is 0 Å². The largest absolute Gasteiger partial charge is 0.385 e. The number of pyridine rings is 1. The van der Waals surface area contributed by atoms with Gasteiger partial charge in [0.1, 0.15) is 0 Å². The third-order valence-corrected chi connectivity index (χ3v) is 7.83. The summed E-state index contributed by atoms with van der Waals surface area (Å²) in [6.45, 7) is 10.5. The van der Waals surface area contributed by atoms with Gasteiger partial charge in [0, 0.05) is 42.0 Å². The minimum atomic E-state index is -0.0108. The summed E-state index contributed by atoms with van der Waals surface area (Å²) in [5, 5.41) is 7.93. The third-order valence-electron chi connectivity index (χ3n) is 7.48. The van der Waals surface area contributed by atoms with Crippen molar-refractivity contribution in [1.29, 1.82) is 0 Å². The normalized spacial score (nSPS) is 17.2. The van der Waals surface area contributed by atoms with Gasteiger partial charge in [-0.25, -0.2) is 0 Å². The second-order valence-electron chi connectivity index (χ2n) is 9.85. The van der Waals surface area contributed by atoms with E-state index in [2.05, 4.69) is 108 Å². The highest BCUT2D eigenvalue weighted by molar-refractivity contribution is 7.80. The van der Waals surface area contributed by atoms with Crippen LogP contribution in [0.15, 0.2) is 79.0 Å². The Morgan fingerprint density at radius 3 is 2.49 bits per heavy atom. The quantitative estimate of drug-likeness (QED) is 0.207. The van der Waals surface area contributed by atoms with E-state index >= 15 is 0 Å². The number of nitrogens with one attached hydrogen (secondary N) is 2. The molecular formula is C31H35N5S. The van der Waals surface area contributed by atoms with Crippen molar-refractivity contribution in [2.75, 3.05) is 18.4 Å². The smallest absolute Gasteiger partial charge is 0.170 e. The van der Waals surface area contributed by atoms with Crippen LogP contribution in [0.2, 0.25) is 0 Å². The SMILES string of the molecule is Cc1cccc(-n2c(C)cc([C@@H]3[C@@H](c4ccccn4)NC(=S)N3CCCNc3ccccc3)c2C)c1C. The summed E-state index contributed by atoms with van der Waals surface area (Å²) < 4.78 is 2.39. The van der Waals surface area contributed by atoms with Crippen molar-refractivity contribution < 1.29 is 0 Å². The Kier molecular flexibility index (Phi) is 7.28. The van der Waals surface area contributed by atoms with Crippen molar-refractivity contribution in [1.82, 2.24) is 19.8 Å². The fourth-order valence-corrected chi connectivity index (χ4v) is 5.79. The number of nitrogens with zero attached hydrogens (tertiary/aromatic N) is 3. The minimum Gasteiger partial charge on any atom is -0.385 e. The number of para-hydroxylation sites is 1. The zero-order chi connectivity index (χ0) is 25.9. The van der Waals surface area contributed by atoms with E-state index < -0.39 is 0 Å². The van der Waals surface area contributed by atoms with Crippen LogP contribution in [0.4, 0.5) is 5.69 Å². The molecule has 0 bridgehead atoms. The first kappa shape index (κ1) is 25.0. The molecule has 2 aromatic heterocycles. The van der Waals surface area contributed by atoms with Crippen LogP contribution in [0, 0.1) is 27.7 Å². The Labute approximate surface area is 225 Å². The molecule has 0 amide bonds. The second kappa shape index (κ2) is 10.8. The van der Waals surface area contributed by atoms with Crippen LogP contribution < -0.4 is 10.6 Å². The highest BCUT2D eigenvalue weighted by Crippen LogP contribution is 2.41. The van der Waals surface area contributed by atoms with Crippen LogP contribution >= 0.6 is 12.2 Å². The highest BCUT2D eigenvalue weighted by Gasteiger charge is 2.41. The molecular weight excluding hydrogens is 474 g/mol. The van der Waals surface area contributed by atoms with Gasteiger partial charge < -0.3 is 20.1 Å². The van der Waals surface area contributed by atoms with Crippen molar-refractivity contribution in [3.05, 3.63) is 113 Å². The molecule has 1 aliphatic rings. The van der Waals surface area contributed by atoms with E-state index in [0.717, 1.165) is 36.0 Å². The molecule has 0 spiro atoms. The first-order chi connectivity index (χ1) is 18.0. The first-order valence-electron chi connectivity index (χ1n) is 13.0. The lowest BCUT2D eigenvalue weighted by atomic mass is 9.96. The van der Waals surface area contributed by atoms with Crippen LogP contribution in [-0.2, 0) is 0 Å². The van der Waals surface area contributed by atoms with Gasteiger partial charge in [-0.1, -0.05) is 36.4 Å². The van der Waals surface area contributed by atoms with Gasteiger partial charge in [0.15, 0.2) is 5.11 Å². The molecule has 190 valence electrons. The Morgan fingerprint density at radius 2 is 1.73 bits per heavy atom. The van der Waals surface area contributed by atoms with Gasteiger partial charge in [-0.3, -0.25) is 4.98 Å². The zero-order valence-electron chi connectivity index (χ0n) is 22.0. The minimum absolute atomic E-state index is 0.0108. The molecule has 37 heavy (non-hydrogen) atoms. The fourth-order valence-electron chi connectivity index (χ4n) is 5.46. The first-order valence-corrected chi connectivity index (χ1v) is 13.4. The van der Waals surface area contributed by atoms with Crippen molar-refractivity contribution in [3.63, 3.8) is 0 Å². The van der Waals surface area contributed by atoms with Gasteiger partial charge in [-0.05, 0) is 99.4 Å². The zero-order valence-corrected chi connectivity index (χ0v) is 22.8. The third kappa shape index (κ3) is 4.98. The lowest BCUT2D eigenvalue weighted by Gasteiger charge is -2.28. The second-order valence-corrected chi connectivity index (χ2v) is 10.2. The molecule has 1 fully saturated rings. The molecule has 5 rings (SSSR count). The molecule has 0 aliphatic carbocycles. The van der Waals surface area contributed by atoms with Crippen molar-refractivity contribution in [2.45, 2.75) is 46.2 Å². The number of anilines is 1. The van der Waals surface area contributed by atoms with Crippen LogP contribution in [-0.4, -0.2) is 32.7 Å². The number of aromatic nitrogens is 2. The molecule has 1 aliphatic heterocycles. The molecule has 3 heterocycles. The number of aryl methyl sites for hydroxylation is 2. The van der Waals surface area contributed by atoms with Crippen LogP contribution in [0.1, 0.15) is 52.3 Å². The summed E-state index contributed by atoms with van der Waals surface area (Å²) in [5.74, 6) is 0. The van der Waals surface area contributed by atoms with E-state index in [-0.39, 0.29) is 12.1 Å². The number of benzene rings is 2. The summed E-state index contributed by atoms with van der Waals surface area (Å²) in [6, 6.07) is 25.4. The van der Waals surface area contributed by atoms with E-state index in [9.17, 15) is 0 Å². The van der Waals surface area contributed by atoms with E-state index in [4.69, 9.17) is 17.2 Å². The predicted octanol–water partition coefficient (Wildman–Crippen LogP) is 6.58. The molecule has 2 N–H and O–H groups in total. The fraction of sp³-hybridized carbons (Fsp3) is 0.290. The Balaban J connectivity index is 1.48. The van der Waals surface area contributed by atoms with E-state index in [1.54, 1.807) is 0 Å². The number of rotatable bonds is 8. The average Bonchev–Trinajstić information content (AvgIpc) is 3.39. The van der Waals surface area contributed by atoms with Gasteiger partial charge in [-0.2, -0.15) is 0 Å². The topological polar surface area (TPSA) is 45.1 Å². The molecule has 6 heteroatoms. The van der Waals surface area contributed by atoms with Crippen LogP contribution in [0.3, 0.4) is 0 Å². The summed E-state index contributed by atoms with van der Waals surface area (Å²) in [6.07, 6.45) is 2.83. The van der Waals surface area contributed by atoms with Crippen LogP contribution in [0.5, 0.6) is 0 Å². The molecule has 4 aromatic rings. The number of hydrogen-bond donors (Lipinski definition) is 2. The summed E-state index contributed by atoms with van der Waals surface area (Å²) in [5.41, 5.74) is 9.76. The van der Waals surface area contributed by atoms with Gasteiger partial charge in [0.25, 0.3) is 0 Å². The molecule has 2 aromatic carbocycles. The predicted molar refractivity (Wildman–Crippen MR) is 156 cm³/mol. The summed E-state index contributed by atoms with van der Waals surface area (Å²) >= 11 is 5.91. The van der Waals surface area contributed by atoms with E-state index in [0.29, 0.717) is 0 Å². The lowest BCUT2D eigenvalue weighted by molar-refractivity contribution is 0.315. The van der Waals surface area contributed by atoms with E-state index in [1.165, 1.54) is 33.8 Å². The maximum Gasteiger partial charge on any atom is 0.170 e. The average molecular weight is 510 g/mol. The molecule has 2 atom stereocenters. The van der Waals surface area contributed by atoms with Gasteiger partial charge in [-0.15, -0.1) is 0 Å². The number of hydrogen-bond acceptors (Lipinski definition) is 3. The van der Waals surface area contributed by atoms with Crippen LogP contribution in [0.25, 0.3) is 5.69 Å². The maximum atomic E-state index is 5.91. The standard InChI is InChI=1S/C31H35N5S/c1-21-12-10-16-28(23(21)3)36-22(2)20-26(24(36)4)30-29(27-15-8-9-17-33-27)34-31(37)35(30)19-11-18-32-25-13-6-5-7-14-25/h5-10,12-17,20,29-30,32H,11,18-19H2,1-4H3,(H,34,37)/t29-,30-/m1/s1. The van der Waals surface area contributed by atoms with Gasteiger partial charge in [0.2, 0.25) is 0 Å². The van der Waals surface area contributed by atoms with Crippen molar-refractivity contribution >= 4 is 23.0 Å². The van der Waals surface area contributed by atoms with Crippen molar-refractivity contribution in [3.8, 4) is 5.69 Å². The van der Waals surface area contributed by atoms with E-state index in [1.807, 2.05) is 18.3 Å². The molecule has 0 saturated carbocycles. The Hall–Kier alpha value is -3.64. The summed E-state index contributed by atoms with van der Waals surface area (Å²) in [7, 11) is 0. The molecule has 5 nitrogen and oxygen atoms in total. The maximum absolute atomic E-state index is 5.91. The lowest BCUT2D eigenvalue weighted by Crippen LogP contribution is -2.31.